The molecule has 3 N–H and O–H groups in total. The van der Waals surface area contributed by atoms with Gasteiger partial charge in [-0.2, -0.15) is 0 Å². The van der Waals surface area contributed by atoms with Crippen molar-refractivity contribution in [1.29, 1.82) is 0 Å². The number of aliphatic hydroxyl groups is 1. The summed E-state index contributed by atoms with van der Waals surface area (Å²) >= 11 is 12.7. The van der Waals surface area contributed by atoms with E-state index in [0.29, 0.717) is 32.3 Å². The molecule has 12 heteroatoms. The van der Waals surface area contributed by atoms with Crippen LogP contribution in [0.15, 0.2) is 41.3 Å². The number of benzene rings is 1. The molecule has 0 saturated heterocycles. The number of nitrogens with two attached hydrogens (primary N) is 1. The molecule has 182 valence electrons. The molecule has 0 saturated carbocycles. The maximum Gasteiger partial charge on any atom is 0.293 e. The van der Waals surface area contributed by atoms with Crippen molar-refractivity contribution in [3.8, 4) is 22.5 Å². The zero-order chi connectivity index (χ0) is 25.4. The molecule has 0 aliphatic heterocycles. The Hall–Kier alpha value is -3.60. The molecule has 0 bridgehead atoms. The quantitative estimate of drug-likeness (QED) is 0.402. The van der Waals surface area contributed by atoms with E-state index in [1.807, 2.05) is 0 Å². The Kier molecular flexibility index (Phi) is 6.70. The van der Waals surface area contributed by atoms with Gasteiger partial charge in [-0.1, -0.05) is 29.3 Å². The van der Waals surface area contributed by atoms with Gasteiger partial charge in [0.05, 0.1) is 27.6 Å². The van der Waals surface area contributed by atoms with Crippen LogP contribution in [0.3, 0.4) is 0 Å². The molecule has 0 aliphatic carbocycles. The highest BCUT2D eigenvalue weighted by Crippen LogP contribution is 2.35. The number of rotatable bonds is 6. The summed E-state index contributed by atoms with van der Waals surface area (Å²) in [5, 5.41) is 10.1. The summed E-state index contributed by atoms with van der Waals surface area (Å²) in [4.78, 5) is 41.7. The Morgan fingerprint density at radius 1 is 1.23 bits per heavy atom. The van der Waals surface area contributed by atoms with Gasteiger partial charge >= 0.3 is 0 Å². The summed E-state index contributed by atoms with van der Waals surface area (Å²) in [6.45, 7) is 0.0381. The molecule has 0 atom stereocenters. The van der Waals surface area contributed by atoms with Crippen LogP contribution in [-0.4, -0.2) is 62.5 Å². The topological polar surface area (TPSA) is 128 Å². The first-order valence-corrected chi connectivity index (χ1v) is 11.2. The number of aliphatic hydroxyl groups excluding tert-OH is 1. The first kappa shape index (κ1) is 24.5. The molecule has 1 amide bonds. The molecule has 0 unspecified atom stereocenters. The van der Waals surface area contributed by atoms with Gasteiger partial charge in [0.25, 0.3) is 11.5 Å². The minimum atomic E-state index is -0.534. The molecule has 3 aromatic heterocycles. The van der Waals surface area contributed by atoms with E-state index in [9.17, 15) is 9.59 Å². The number of anilines is 1. The lowest BCUT2D eigenvalue weighted by Crippen LogP contribution is -2.30. The largest absolute Gasteiger partial charge is 0.412 e. The van der Waals surface area contributed by atoms with E-state index in [2.05, 4.69) is 9.97 Å². The number of amides is 1. The van der Waals surface area contributed by atoms with Crippen molar-refractivity contribution in [1.82, 2.24) is 24.2 Å². The van der Waals surface area contributed by atoms with Crippen LogP contribution in [0, 0.1) is 0 Å². The summed E-state index contributed by atoms with van der Waals surface area (Å²) in [7, 11) is 4.63. The third-order valence-corrected chi connectivity index (χ3v) is 6.16. The van der Waals surface area contributed by atoms with Crippen LogP contribution in [0.2, 0.25) is 10.0 Å². The molecule has 0 aliphatic rings. The smallest absolute Gasteiger partial charge is 0.293 e. The van der Waals surface area contributed by atoms with Gasteiger partial charge in [0, 0.05) is 38.0 Å². The molecule has 4 rings (SSSR count). The number of pyridine rings is 1. The normalized spacial score (nSPS) is 11.1. The van der Waals surface area contributed by atoms with Crippen LogP contribution in [0.4, 0.5) is 5.82 Å². The number of nitrogen functional groups attached to an aromatic ring is 1. The minimum Gasteiger partial charge on any atom is -0.412 e. The highest BCUT2D eigenvalue weighted by atomic mass is 35.5. The Labute approximate surface area is 210 Å². The Morgan fingerprint density at radius 2 is 1.91 bits per heavy atom. The maximum absolute atomic E-state index is 13.3. The summed E-state index contributed by atoms with van der Waals surface area (Å²) in [6.07, 6.45) is 1.67. The Morgan fingerprint density at radius 3 is 2.54 bits per heavy atom. The van der Waals surface area contributed by atoms with Gasteiger partial charge in [-0.25, -0.2) is 9.97 Å². The minimum absolute atomic E-state index is 0.0920. The van der Waals surface area contributed by atoms with Crippen LogP contribution >= 0.6 is 23.2 Å². The third kappa shape index (κ3) is 4.31. The van der Waals surface area contributed by atoms with Gasteiger partial charge in [0.2, 0.25) is 0 Å². The van der Waals surface area contributed by atoms with Crippen molar-refractivity contribution in [3.05, 3.63) is 62.6 Å². The highest BCUT2D eigenvalue weighted by Gasteiger charge is 2.22. The monoisotopic (exact) mass is 516 g/mol. The lowest BCUT2D eigenvalue weighted by Gasteiger charge is -2.15. The van der Waals surface area contributed by atoms with E-state index in [1.165, 1.54) is 18.1 Å². The van der Waals surface area contributed by atoms with Crippen LogP contribution < -0.4 is 16.1 Å². The predicted molar refractivity (Wildman–Crippen MR) is 135 cm³/mol. The fourth-order valence-corrected chi connectivity index (χ4v) is 4.36. The average Bonchev–Trinajstić information content (AvgIpc) is 3.20. The molecule has 35 heavy (non-hydrogen) atoms. The number of carbonyl (C=O) groups is 1. The number of fused-ring (bicyclic) bond motifs is 1. The van der Waals surface area contributed by atoms with Gasteiger partial charge in [-0.15, -0.1) is 4.73 Å². The molecule has 3 heterocycles. The van der Waals surface area contributed by atoms with Crippen LogP contribution in [0.1, 0.15) is 10.5 Å². The number of aryl methyl sites for hydroxylation is 1. The maximum atomic E-state index is 13.3. The summed E-state index contributed by atoms with van der Waals surface area (Å²) in [5.41, 5.74) is 7.29. The Bertz CT molecular complexity index is 1490. The van der Waals surface area contributed by atoms with E-state index in [0.717, 1.165) is 4.73 Å². The van der Waals surface area contributed by atoms with Crippen molar-refractivity contribution in [2.75, 3.05) is 33.0 Å². The number of carbonyl (C=O) groups excluding carboxylic acids is 1. The van der Waals surface area contributed by atoms with Gasteiger partial charge < -0.3 is 25.1 Å². The van der Waals surface area contributed by atoms with E-state index in [1.54, 1.807) is 49.1 Å². The molecule has 4 aromatic rings. The van der Waals surface area contributed by atoms with Crippen molar-refractivity contribution < 1.29 is 14.7 Å². The second kappa shape index (κ2) is 9.57. The number of likely N-dealkylation sites (N-methyl/N-ethyl adjacent to an activating group) is 1. The van der Waals surface area contributed by atoms with Crippen molar-refractivity contribution in [2.24, 2.45) is 7.05 Å². The second-order valence-corrected chi connectivity index (χ2v) is 8.60. The van der Waals surface area contributed by atoms with Gasteiger partial charge in [0.1, 0.15) is 18.6 Å². The molecule has 0 radical (unpaired) electrons. The number of hydrogen-bond acceptors (Lipinski definition) is 7. The molecule has 0 fully saturated rings. The summed E-state index contributed by atoms with van der Waals surface area (Å²) in [5.74, 6) is 0.00848. The van der Waals surface area contributed by atoms with E-state index in [4.69, 9.17) is 38.9 Å². The number of hydrogen-bond donors (Lipinski definition) is 2. The van der Waals surface area contributed by atoms with Crippen molar-refractivity contribution >= 4 is 46.0 Å². The molecule has 0 spiro atoms. The third-order valence-electron chi connectivity index (χ3n) is 5.53. The van der Waals surface area contributed by atoms with Gasteiger partial charge in [-0.05, 0) is 24.3 Å². The van der Waals surface area contributed by atoms with Crippen LogP contribution in [-0.2, 0) is 7.05 Å². The molecular formula is C23H22Cl2N6O4. The second-order valence-electron chi connectivity index (χ2n) is 7.78. The van der Waals surface area contributed by atoms with Crippen LogP contribution in [0.5, 0.6) is 0 Å². The first-order valence-electron chi connectivity index (χ1n) is 10.4. The number of aromatic nitrogens is 4. The first-order chi connectivity index (χ1) is 16.7. The Balaban J connectivity index is 1.90. The SMILES string of the molecule is COn1c(=O)c(-c2c(Cl)cccc2Cl)cc2c(N)nc(-c3cc(C(=O)N(C)CCO)n(C)c3)nc21. The van der Waals surface area contributed by atoms with Gasteiger partial charge in [-0.3, -0.25) is 9.59 Å². The van der Waals surface area contributed by atoms with Crippen LogP contribution in [0.25, 0.3) is 33.5 Å². The molecular weight excluding hydrogens is 495 g/mol. The average molecular weight is 517 g/mol. The fraction of sp³-hybridized carbons (Fsp3) is 0.217. The fourth-order valence-electron chi connectivity index (χ4n) is 3.76. The molecule has 10 nitrogen and oxygen atoms in total. The lowest BCUT2D eigenvalue weighted by molar-refractivity contribution is 0.0757. The lowest BCUT2D eigenvalue weighted by atomic mass is 10.1. The van der Waals surface area contributed by atoms with E-state index in [-0.39, 0.29) is 41.9 Å². The number of halogens is 2. The standard InChI is InChI=1S/C23H22Cl2N6O4/c1-29(7-8-32)23(34)17-9-12(11-30(17)2)20-27-19(26)14-10-13(18-15(24)5-4-6-16(18)25)22(33)31(35-3)21(14)28-20/h4-6,9-11,32H,7-8H2,1-3H3,(H2,26,27,28). The van der Waals surface area contributed by atoms with Crippen molar-refractivity contribution in [3.63, 3.8) is 0 Å². The predicted octanol–water partition coefficient (Wildman–Crippen LogP) is 2.48. The highest BCUT2D eigenvalue weighted by molar-refractivity contribution is 6.39. The van der Waals surface area contributed by atoms with E-state index >= 15 is 0 Å². The zero-order valence-corrected chi connectivity index (χ0v) is 20.6. The van der Waals surface area contributed by atoms with Gasteiger partial charge in [0.15, 0.2) is 11.5 Å². The van der Waals surface area contributed by atoms with E-state index < -0.39 is 5.56 Å². The summed E-state index contributed by atoms with van der Waals surface area (Å²) < 4.78 is 2.62. The summed E-state index contributed by atoms with van der Waals surface area (Å²) in [6, 6.07) is 8.07. The van der Waals surface area contributed by atoms with Crippen molar-refractivity contribution in [2.45, 2.75) is 0 Å². The zero-order valence-electron chi connectivity index (χ0n) is 19.1. The number of nitrogens with zero attached hydrogens (tertiary/aromatic N) is 5. The molecule has 1 aromatic carbocycles.